The molecular weight excluding hydrogens is 360 g/mol. The molecule has 2 saturated heterocycles. The average Bonchev–Trinajstić information content (AvgIpc) is 2.76. The van der Waals surface area contributed by atoms with Crippen LogP contribution < -0.4 is 5.32 Å². The van der Waals surface area contributed by atoms with E-state index in [1.54, 1.807) is 6.92 Å². The van der Waals surface area contributed by atoms with E-state index in [0.29, 0.717) is 12.3 Å². The van der Waals surface area contributed by atoms with E-state index in [4.69, 9.17) is 0 Å². The van der Waals surface area contributed by atoms with E-state index >= 15 is 0 Å². The maximum Gasteiger partial charge on any atom is 0.325 e. The minimum Gasteiger partial charge on any atom is -0.338 e. The third-order valence-electron chi connectivity index (χ3n) is 4.92. The second-order valence-corrected chi connectivity index (χ2v) is 9.61. The lowest BCUT2D eigenvalue weighted by molar-refractivity contribution is -0.139. The van der Waals surface area contributed by atoms with Gasteiger partial charge in [-0.2, -0.15) is 4.31 Å². The van der Waals surface area contributed by atoms with Crippen molar-refractivity contribution in [1.82, 2.24) is 19.4 Å². The lowest BCUT2D eigenvalue weighted by Gasteiger charge is -2.33. The molecule has 9 nitrogen and oxygen atoms in total. The number of imide groups is 1. The predicted octanol–water partition coefficient (Wildman–Crippen LogP) is -0.163. The Hall–Kier alpha value is -1.68. The van der Waals surface area contributed by atoms with Crippen molar-refractivity contribution in [3.8, 4) is 0 Å². The molecule has 1 N–H and O–H groups in total. The van der Waals surface area contributed by atoms with Crippen molar-refractivity contribution in [2.45, 2.75) is 39.2 Å². The van der Waals surface area contributed by atoms with Crippen LogP contribution in [0.3, 0.4) is 0 Å². The van der Waals surface area contributed by atoms with Gasteiger partial charge in [0.25, 0.3) is 5.91 Å². The molecule has 10 heteroatoms. The standard InChI is InChI=1S/C16H28N4O5S/c1-12(2)5-6-16(3)14(22)20(15(23)17-16)11-13(21)18-7-9-19(10-8-18)26(4,24)25/h12H,5-11H2,1-4H3,(H,17,23)/t16-/m1/s1. The summed E-state index contributed by atoms with van der Waals surface area (Å²) in [6.07, 6.45) is 2.44. The number of urea groups is 1. The van der Waals surface area contributed by atoms with E-state index in [1.807, 2.05) is 13.8 Å². The molecular formula is C16H28N4O5S. The van der Waals surface area contributed by atoms with Gasteiger partial charge in [-0.05, 0) is 25.7 Å². The first-order valence-electron chi connectivity index (χ1n) is 8.81. The molecule has 4 amide bonds. The Morgan fingerprint density at radius 1 is 1.19 bits per heavy atom. The molecule has 0 spiro atoms. The molecule has 2 fully saturated rings. The predicted molar refractivity (Wildman–Crippen MR) is 95.7 cm³/mol. The lowest BCUT2D eigenvalue weighted by atomic mass is 9.92. The van der Waals surface area contributed by atoms with Crippen LogP contribution in [-0.2, 0) is 19.6 Å². The van der Waals surface area contributed by atoms with Crippen LogP contribution in [0, 0.1) is 5.92 Å². The number of nitrogens with zero attached hydrogens (tertiary/aromatic N) is 3. The van der Waals surface area contributed by atoms with Gasteiger partial charge < -0.3 is 10.2 Å². The molecule has 0 unspecified atom stereocenters. The molecule has 0 aliphatic carbocycles. The van der Waals surface area contributed by atoms with Gasteiger partial charge >= 0.3 is 6.03 Å². The molecule has 148 valence electrons. The Kier molecular flexibility index (Phi) is 5.96. The molecule has 2 aliphatic rings. The number of rotatable bonds is 6. The van der Waals surface area contributed by atoms with E-state index in [1.165, 1.54) is 9.21 Å². The van der Waals surface area contributed by atoms with Gasteiger partial charge in [0.2, 0.25) is 15.9 Å². The minimum atomic E-state index is -3.28. The molecule has 0 aromatic rings. The van der Waals surface area contributed by atoms with Gasteiger partial charge in [-0.1, -0.05) is 13.8 Å². The van der Waals surface area contributed by atoms with Crippen LogP contribution in [0.5, 0.6) is 0 Å². The first kappa shape index (κ1) is 20.6. The summed E-state index contributed by atoms with van der Waals surface area (Å²) in [6, 6.07) is -0.552. The minimum absolute atomic E-state index is 0.219. The Labute approximate surface area is 154 Å². The maximum absolute atomic E-state index is 12.6. The zero-order chi connectivity index (χ0) is 19.7. The summed E-state index contributed by atoms with van der Waals surface area (Å²) in [5.74, 6) is -0.334. The number of amides is 4. The van der Waals surface area contributed by atoms with Crippen LogP contribution in [0.2, 0.25) is 0 Å². The summed E-state index contributed by atoms with van der Waals surface area (Å²) >= 11 is 0. The summed E-state index contributed by atoms with van der Waals surface area (Å²) < 4.78 is 24.4. The van der Waals surface area contributed by atoms with Gasteiger partial charge in [0.1, 0.15) is 12.1 Å². The molecule has 0 aromatic heterocycles. The average molecular weight is 388 g/mol. The van der Waals surface area contributed by atoms with Crippen LogP contribution in [0.15, 0.2) is 0 Å². The molecule has 2 heterocycles. The zero-order valence-corrected chi connectivity index (χ0v) is 16.6. The van der Waals surface area contributed by atoms with Gasteiger partial charge in [-0.25, -0.2) is 13.2 Å². The molecule has 0 aromatic carbocycles. The Bertz CT molecular complexity index is 685. The molecule has 1 atom stereocenters. The Morgan fingerprint density at radius 2 is 1.77 bits per heavy atom. The number of sulfonamides is 1. The Balaban J connectivity index is 1.95. The topological polar surface area (TPSA) is 107 Å². The van der Waals surface area contributed by atoms with Crippen molar-refractivity contribution < 1.29 is 22.8 Å². The fourth-order valence-corrected chi connectivity index (χ4v) is 3.97. The van der Waals surface area contributed by atoms with Crippen LogP contribution >= 0.6 is 0 Å². The zero-order valence-electron chi connectivity index (χ0n) is 15.8. The normalized spacial score (nSPS) is 25.1. The van der Waals surface area contributed by atoms with Crippen LogP contribution in [0.25, 0.3) is 0 Å². The molecule has 0 radical (unpaired) electrons. The number of hydrogen-bond donors (Lipinski definition) is 1. The SMILES string of the molecule is CC(C)CC[C@@]1(C)NC(=O)N(CC(=O)N2CCN(S(C)(=O)=O)CC2)C1=O. The number of hydrogen-bond acceptors (Lipinski definition) is 5. The molecule has 2 rings (SSSR count). The van der Waals surface area contributed by atoms with E-state index in [-0.39, 0.29) is 44.5 Å². The second-order valence-electron chi connectivity index (χ2n) is 7.63. The van der Waals surface area contributed by atoms with Crippen molar-refractivity contribution >= 4 is 27.9 Å². The third-order valence-corrected chi connectivity index (χ3v) is 6.22. The number of nitrogens with one attached hydrogen (secondary N) is 1. The monoisotopic (exact) mass is 388 g/mol. The van der Waals surface area contributed by atoms with Gasteiger partial charge in [0.15, 0.2) is 0 Å². The van der Waals surface area contributed by atoms with E-state index in [2.05, 4.69) is 5.32 Å². The smallest absolute Gasteiger partial charge is 0.325 e. The van der Waals surface area contributed by atoms with Crippen LogP contribution in [0.1, 0.15) is 33.6 Å². The fraction of sp³-hybridized carbons (Fsp3) is 0.812. The highest BCUT2D eigenvalue weighted by Gasteiger charge is 2.48. The number of piperazine rings is 1. The number of carbonyl (C=O) groups is 3. The highest BCUT2D eigenvalue weighted by molar-refractivity contribution is 7.88. The van der Waals surface area contributed by atoms with Crippen molar-refractivity contribution in [2.75, 3.05) is 39.0 Å². The number of carbonyl (C=O) groups excluding carboxylic acids is 3. The molecule has 2 aliphatic heterocycles. The highest BCUT2D eigenvalue weighted by atomic mass is 32.2. The summed E-state index contributed by atoms with van der Waals surface area (Å²) in [5, 5.41) is 2.70. The second kappa shape index (κ2) is 7.51. The van der Waals surface area contributed by atoms with Crippen molar-refractivity contribution in [3.05, 3.63) is 0 Å². The van der Waals surface area contributed by atoms with Gasteiger partial charge in [0.05, 0.1) is 6.26 Å². The molecule has 26 heavy (non-hydrogen) atoms. The Morgan fingerprint density at radius 3 is 2.27 bits per heavy atom. The summed E-state index contributed by atoms with van der Waals surface area (Å²) in [5.41, 5.74) is -0.976. The van der Waals surface area contributed by atoms with E-state index in [0.717, 1.165) is 17.6 Å². The summed E-state index contributed by atoms with van der Waals surface area (Å²) in [6.45, 7) is 6.39. The quantitative estimate of drug-likeness (QED) is 0.636. The van der Waals surface area contributed by atoms with Gasteiger partial charge in [-0.15, -0.1) is 0 Å². The van der Waals surface area contributed by atoms with Crippen LogP contribution in [-0.4, -0.2) is 84.9 Å². The fourth-order valence-electron chi connectivity index (χ4n) is 3.14. The molecule has 0 bridgehead atoms. The van der Waals surface area contributed by atoms with Crippen molar-refractivity contribution in [1.29, 1.82) is 0 Å². The van der Waals surface area contributed by atoms with Gasteiger partial charge in [0, 0.05) is 26.2 Å². The van der Waals surface area contributed by atoms with Gasteiger partial charge in [-0.3, -0.25) is 14.5 Å². The maximum atomic E-state index is 12.6. The van der Waals surface area contributed by atoms with Crippen molar-refractivity contribution in [3.63, 3.8) is 0 Å². The van der Waals surface area contributed by atoms with E-state index < -0.39 is 21.6 Å². The van der Waals surface area contributed by atoms with Crippen LogP contribution in [0.4, 0.5) is 4.79 Å². The molecule has 0 saturated carbocycles. The third kappa shape index (κ3) is 4.53. The highest BCUT2D eigenvalue weighted by Crippen LogP contribution is 2.24. The first-order chi connectivity index (χ1) is 11.9. The first-order valence-corrected chi connectivity index (χ1v) is 10.7. The van der Waals surface area contributed by atoms with Crippen molar-refractivity contribution in [2.24, 2.45) is 5.92 Å². The summed E-state index contributed by atoms with van der Waals surface area (Å²) in [4.78, 5) is 39.7. The largest absolute Gasteiger partial charge is 0.338 e. The summed E-state index contributed by atoms with van der Waals surface area (Å²) in [7, 11) is -3.28. The lowest BCUT2D eigenvalue weighted by Crippen LogP contribution is -2.53. The van der Waals surface area contributed by atoms with E-state index in [9.17, 15) is 22.8 Å².